The Hall–Kier alpha value is -1.10. The Labute approximate surface area is 121 Å². The van der Waals surface area contributed by atoms with Crippen molar-refractivity contribution >= 4 is 11.8 Å². The van der Waals surface area contributed by atoms with Crippen LogP contribution in [-0.2, 0) is 9.59 Å². The molecule has 1 unspecified atom stereocenters. The third-order valence-corrected chi connectivity index (χ3v) is 4.30. The van der Waals surface area contributed by atoms with Crippen molar-refractivity contribution < 1.29 is 9.59 Å². The lowest BCUT2D eigenvalue weighted by Crippen LogP contribution is -2.59. The number of rotatable bonds is 4. The van der Waals surface area contributed by atoms with Crippen molar-refractivity contribution in [3.63, 3.8) is 0 Å². The van der Waals surface area contributed by atoms with Crippen molar-refractivity contribution in [3.05, 3.63) is 0 Å². The van der Waals surface area contributed by atoms with Crippen molar-refractivity contribution in [2.24, 2.45) is 11.8 Å². The van der Waals surface area contributed by atoms with Crippen LogP contribution in [0, 0.1) is 11.8 Å². The summed E-state index contributed by atoms with van der Waals surface area (Å²) in [6, 6.07) is -0.317. The summed E-state index contributed by atoms with van der Waals surface area (Å²) in [5.41, 5.74) is 0. The average molecular weight is 281 g/mol. The van der Waals surface area contributed by atoms with Gasteiger partial charge in [-0.1, -0.05) is 13.8 Å². The molecule has 2 rings (SSSR count). The molecule has 2 aliphatic rings. The molecule has 1 atom stereocenters. The zero-order chi connectivity index (χ0) is 14.7. The minimum absolute atomic E-state index is 0.0109. The van der Waals surface area contributed by atoms with E-state index in [4.69, 9.17) is 0 Å². The third kappa shape index (κ3) is 3.95. The number of piperidine rings is 1. The summed E-state index contributed by atoms with van der Waals surface area (Å²) in [6.07, 6.45) is 2.97. The largest absolute Gasteiger partial charge is 0.343 e. The summed E-state index contributed by atoms with van der Waals surface area (Å²) in [5, 5.41) is 2.83. The molecule has 0 radical (unpaired) electrons. The lowest BCUT2D eigenvalue weighted by atomic mass is 9.95. The predicted molar refractivity (Wildman–Crippen MR) is 78.2 cm³/mol. The van der Waals surface area contributed by atoms with E-state index in [1.54, 1.807) is 4.90 Å². The lowest BCUT2D eigenvalue weighted by molar-refractivity contribution is -0.145. The Kier molecular flexibility index (Phi) is 5.02. The van der Waals surface area contributed by atoms with Crippen LogP contribution < -0.4 is 5.32 Å². The number of nitrogens with one attached hydrogen (secondary N) is 1. The molecule has 0 bridgehead atoms. The quantitative estimate of drug-likeness (QED) is 0.825. The Morgan fingerprint density at radius 1 is 1.25 bits per heavy atom. The Balaban J connectivity index is 1.92. The van der Waals surface area contributed by atoms with Crippen molar-refractivity contribution in [3.8, 4) is 0 Å². The van der Waals surface area contributed by atoms with Gasteiger partial charge in [-0.15, -0.1) is 0 Å². The van der Waals surface area contributed by atoms with E-state index < -0.39 is 0 Å². The molecule has 0 aliphatic carbocycles. The highest BCUT2D eigenvalue weighted by atomic mass is 16.2. The first-order valence-electron chi connectivity index (χ1n) is 7.72. The topological polar surface area (TPSA) is 52.7 Å². The molecule has 0 aromatic rings. The molecular weight excluding hydrogens is 254 g/mol. The molecule has 0 saturated carbocycles. The normalized spacial score (nSPS) is 26.2. The van der Waals surface area contributed by atoms with Crippen LogP contribution in [0.2, 0.25) is 0 Å². The van der Waals surface area contributed by atoms with E-state index in [2.05, 4.69) is 31.1 Å². The maximum Gasteiger partial charge on any atom is 0.245 e. The number of carbonyl (C=O) groups is 2. The summed E-state index contributed by atoms with van der Waals surface area (Å²) in [5.74, 6) is 1.05. The number of piperazine rings is 1. The molecule has 20 heavy (non-hydrogen) atoms. The van der Waals surface area contributed by atoms with Gasteiger partial charge in [0.25, 0.3) is 0 Å². The molecule has 2 amide bonds. The van der Waals surface area contributed by atoms with Crippen LogP contribution in [0.5, 0.6) is 0 Å². The van der Waals surface area contributed by atoms with Gasteiger partial charge in [0.15, 0.2) is 0 Å². The van der Waals surface area contributed by atoms with Gasteiger partial charge in [0.2, 0.25) is 11.8 Å². The SMILES string of the molecule is CC(C)CC1NC(=O)CN(CC2CCN(C)CC2)C1=O. The Morgan fingerprint density at radius 3 is 2.50 bits per heavy atom. The van der Waals surface area contributed by atoms with E-state index in [9.17, 15) is 9.59 Å². The van der Waals surface area contributed by atoms with Gasteiger partial charge < -0.3 is 15.1 Å². The smallest absolute Gasteiger partial charge is 0.245 e. The molecule has 114 valence electrons. The average Bonchev–Trinajstić information content (AvgIpc) is 2.37. The predicted octanol–water partition coefficient (Wildman–Crippen LogP) is 0.701. The van der Waals surface area contributed by atoms with E-state index in [1.807, 2.05) is 0 Å². The second-order valence-corrected chi connectivity index (χ2v) is 6.72. The van der Waals surface area contributed by atoms with Gasteiger partial charge in [0.1, 0.15) is 6.04 Å². The van der Waals surface area contributed by atoms with E-state index in [0.29, 0.717) is 11.8 Å². The van der Waals surface area contributed by atoms with Crippen molar-refractivity contribution in [1.82, 2.24) is 15.1 Å². The maximum absolute atomic E-state index is 12.4. The van der Waals surface area contributed by atoms with Crippen molar-refractivity contribution in [2.75, 3.05) is 33.2 Å². The maximum atomic E-state index is 12.4. The number of nitrogens with zero attached hydrogens (tertiary/aromatic N) is 2. The van der Waals surface area contributed by atoms with E-state index in [1.165, 1.54) is 0 Å². The van der Waals surface area contributed by atoms with Crippen LogP contribution in [-0.4, -0.2) is 60.9 Å². The van der Waals surface area contributed by atoms with Gasteiger partial charge in [-0.3, -0.25) is 9.59 Å². The molecule has 5 nitrogen and oxygen atoms in total. The molecule has 5 heteroatoms. The van der Waals surface area contributed by atoms with Crippen molar-refractivity contribution in [1.29, 1.82) is 0 Å². The van der Waals surface area contributed by atoms with Crippen LogP contribution in [0.4, 0.5) is 0 Å². The first-order chi connectivity index (χ1) is 9.45. The molecule has 0 aromatic heterocycles. The minimum Gasteiger partial charge on any atom is -0.343 e. The van der Waals surface area contributed by atoms with Crippen LogP contribution in [0.3, 0.4) is 0 Å². The van der Waals surface area contributed by atoms with Crippen LogP contribution >= 0.6 is 0 Å². The van der Waals surface area contributed by atoms with E-state index >= 15 is 0 Å². The van der Waals surface area contributed by atoms with E-state index in [-0.39, 0.29) is 24.4 Å². The fourth-order valence-electron chi connectivity index (χ4n) is 3.12. The second-order valence-electron chi connectivity index (χ2n) is 6.72. The summed E-state index contributed by atoms with van der Waals surface area (Å²) in [7, 11) is 2.13. The number of hydrogen-bond acceptors (Lipinski definition) is 3. The van der Waals surface area contributed by atoms with Gasteiger partial charge in [-0.25, -0.2) is 0 Å². The van der Waals surface area contributed by atoms with Crippen LogP contribution in [0.1, 0.15) is 33.1 Å². The van der Waals surface area contributed by atoms with Gasteiger partial charge in [0.05, 0.1) is 6.54 Å². The Bertz CT molecular complexity index is 362. The van der Waals surface area contributed by atoms with Gasteiger partial charge in [-0.2, -0.15) is 0 Å². The molecule has 0 spiro atoms. The fraction of sp³-hybridized carbons (Fsp3) is 0.867. The van der Waals surface area contributed by atoms with Crippen LogP contribution in [0.25, 0.3) is 0 Å². The highest BCUT2D eigenvalue weighted by Gasteiger charge is 2.34. The monoisotopic (exact) mass is 281 g/mol. The fourth-order valence-corrected chi connectivity index (χ4v) is 3.12. The summed E-state index contributed by atoms with van der Waals surface area (Å²) >= 11 is 0. The molecule has 2 fully saturated rings. The van der Waals surface area contributed by atoms with Gasteiger partial charge >= 0.3 is 0 Å². The third-order valence-electron chi connectivity index (χ3n) is 4.30. The Morgan fingerprint density at radius 2 is 1.90 bits per heavy atom. The zero-order valence-corrected chi connectivity index (χ0v) is 12.9. The number of likely N-dealkylation sites (tertiary alicyclic amines) is 1. The van der Waals surface area contributed by atoms with Gasteiger partial charge in [-0.05, 0) is 51.2 Å². The summed E-state index contributed by atoms with van der Waals surface area (Å²) in [4.78, 5) is 28.3. The number of amides is 2. The lowest BCUT2D eigenvalue weighted by Gasteiger charge is -2.37. The standard InChI is InChI=1S/C15H27N3O2/c1-11(2)8-13-15(20)18(10-14(19)16-13)9-12-4-6-17(3)7-5-12/h11-13H,4-10H2,1-3H3,(H,16,19). The van der Waals surface area contributed by atoms with Crippen molar-refractivity contribution in [2.45, 2.75) is 39.2 Å². The first-order valence-corrected chi connectivity index (χ1v) is 7.72. The molecule has 0 aromatic carbocycles. The van der Waals surface area contributed by atoms with Crippen LogP contribution in [0.15, 0.2) is 0 Å². The minimum atomic E-state index is -0.317. The molecule has 2 aliphatic heterocycles. The summed E-state index contributed by atoms with van der Waals surface area (Å²) in [6.45, 7) is 7.32. The highest BCUT2D eigenvalue weighted by Crippen LogP contribution is 2.19. The molecule has 1 N–H and O–H groups in total. The second kappa shape index (κ2) is 6.57. The molecule has 2 heterocycles. The number of carbonyl (C=O) groups excluding carboxylic acids is 2. The first kappa shape index (κ1) is 15.3. The van der Waals surface area contributed by atoms with Gasteiger partial charge in [0, 0.05) is 6.54 Å². The highest BCUT2D eigenvalue weighted by molar-refractivity contribution is 5.94. The van der Waals surface area contributed by atoms with E-state index in [0.717, 1.165) is 38.9 Å². The molecule has 2 saturated heterocycles. The number of hydrogen-bond donors (Lipinski definition) is 1. The zero-order valence-electron chi connectivity index (χ0n) is 12.9. The molecular formula is C15H27N3O2. The summed E-state index contributed by atoms with van der Waals surface area (Å²) < 4.78 is 0.